The predicted molar refractivity (Wildman–Crippen MR) is 42.0 cm³/mol. The monoisotopic (exact) mass is 166 g/mol. The van der Waals surface area contributed by atoms with Gasteiger partial charge in [-0.1, -0.05) is 0 Å². The van der Waals surface area contributed by atoms with Crippen LogP contribution in [0.15, 0.2) is 0 Å². The van der Waals surface area contributed by atoms with E-state index in [1.165, 1.54) is 0 Å². The smallest absolute Gasteiger partial charge is 0.0752 e. The van der Waals surface area contributed by atoms with Gasteiger partial charge in [0.25, 0.3) is 0 Å². The molecule has 0 aliphatic rings. The molecule has 3 unspecified atom stereocenters. The van der Waals surface area contributed by atoms with Crippen molar-refractivity contribution in [3.63, 3.8) is 0 Å². The number of aliphatic hydroxyl groups is 3. The van der Waals surface area contributed by atoms with Crippen molar-refractivity contribution in [1.29, 1.82) is 0 Å². The lowest BCUT2D eigenvalue weighted by Gasteiger charge is -2.25. The molecule has 0 fully saturated rings. The van der Waals surface area contributed by atoms with Crippen LogP contribution in [-0.4, -0.2) is 32.9 Å². The first-order valence-electron chi connectivity index (χ1n) is 3.28. The maximum absolute atomic E-state index is 9.06. The molecule has 4 heteroatoms. The topological polar surface area (TPSA) is 60.7 Å². The van der Waals surface area contributed by atoms with Crippen LogP contribution in [0, 0.1) is 0 Å². The zero-order valence-corrected chi connectivity index (χ0v) is 7.42. The minimum atomic E-state index is -1.07. The van der Waals surface area contributed by atoms with E-state index in [0.717, 1.165) is 0 Å². The molecular formula is C6H15O3P. The third kappa shape index (κ3) is 2.93. The average Bonchev–Trinajstić information content (AvgIpc) is 1.59. The summed E-state index contributed by atoms with van der Waals surface area (Å²) in [6.45, 7) is 4.77. The lowest BCUT2D eigenvalue weighted by atomic mass is 10.8. The Morgan fingerprint density at radius 1 is 0.800 bits per heavy atom. The van der Waals surface area contributed by atoms with Gasteiger partial charge in [-0.25, -0.2) is 0 Å². The first-order valence-corrected chi connectivity index (χ1v) is 4.83. The number of rotatable bonds is 3. The molecule has 0 spiro atoms. The molecule has 0 heterocycles. The van der Waals surface area contributed by atoms with Crippen LogP contribution in [0.4, 0.5) is 0 Å². The van der Waals surface area contributed by atoms with Gasteiger partial charge in [0.1, 0.15) is 0 Å². The highest BCUT2D eigenvalue weighted by molar-refractivity contribution is 7.59. The van der Waals surface area contributed by atoms with E-state index in [1.807, 2.05) is 0 Å². The standard InChI is InChI=1S/C6H15O3P/c1-4(7)10(5(2)8)6(3)9/h4-9H,1-3H3. The van der Waals surface area contributed by atoms with Crippen LogP contribution >= 0.6 is 7.92 Å². The highest BCUT2D eigenvalue weighted by Gasteiger charge is 2.24. The van der Waals surface area contributed by atoms with Crippen LogP contribution in [0.3, 0.4) is 0 Å². The van der Waals surface area contributed by atoms with Crippen molar-refractivity contribution in [1.82, 2.24) is 0 Å². The van der Waals surface area contributed by atoms with Gasteiger partial charge in [-0.2, -0.15) is 0 Å². The highest BCUT2D eigenvalue weighted by Crippen LogP contribution is 2.47. The third-order valence-electron chi connectivity index (χ3n) is 1.29. The molecule has 3 atom stereocenters. The van der Waals surface area contributed by atoms with Crippen LogP contribution in [0.1, 0.15) is 20.8 Å². The van der Waals surface area contributed by atoms with E-state index in [-0.39, 0.29) is 0 Å². The second-order valence-corrected chi connectivity index (χ2v) is 5.48. The summed E-state index contributed by atoms with van der Waals surface area (Å²) in [7, 11) is -1.07. The lowest BCUT2D eigenvalue weighted by molar-refractivity contribution is 0.214. The summed E-state index contributed by atoms with van der Waals surface area (Å²) in [4.78, 5) is 0. The van der Waals surface area contributed by atoms with Gasteiger partial charge in [0, 0.05) is 0 Å². The molecule has 0 aromatic heterocycles. The summed E-state index contributed by atoms with van der Waals surface area (Å²) in [6.07, 6.45) is 0. The number of hydrogen-bond donors (Lipinski definition) is 3. The van der Waals surface area contributed by atoms with Crippen LogP contribution < -0.4 is 0 Å². The summed E-state index contributed by atoms with van der Waals surface area (Å²) in [5, 5.41) is 27.2. The van der Waals surface area contributed by atoms with Gasteiger partial charge in [-0.3, -0.25) is 0 Å². The maximum Gasteiger partial charge on any atom is 0.0752 e. The molecule has 3 N–H and O–H groups in total. The van der Waals surface area contributed by atoms with E-state index in [1.54, 1.807) is 20.8 Å². The van der Waals surface area contributed by atoms with Crippen molar-refractivity contribution < 1.29 is 15.3 Å². The summed E-state index contributed by atoms with van der Waals surface area (Å²) in [5.41, 5.74) is 0. The zero-order valence-electron chi connectivity index (χ0n) is 6.52. The van der Waals surface area contributed by atoms with Gasteiger partial charge in [-0.15, -0.1) is 0 Å². The Hall–Kier alpha value is 0.310. The molecule has 62 valence electrons. The fourth-order valence-electron chi connectivity index (χ4n) is 0.937. The van der Waals surface area contributed by atoms with Crippen molar-refractivity contribution in [2.24, 2.45) is 0 Å². The minimum absolute atomic E-state index is 0.602. The number of aliphatic hydroxyl groups excluding tert-OH is 3. The Balaban J connectivity index is 3.98. The average molecular weight is 166 g/mol. The second-order valence-electron chi connectivity index (χ2n) is 2.34. The molecule has 10 heavy (non-hydrogen) atoms. The van der Waals surface area contributed by atoms with Crippen molar-refractivity contribution in [3.05, 3.63) is 0 Å². The fourth-order valence-corrected chi connectivity index (χ4v) is 2.81. The molecule has 0 aliphatic heterocycles. The summed E-state index contributed by atoms with van der Waals surface area (Å²) in [6, 6.07) is 0. The normalized spacial score (nSPS) is 23.4. The lowest BCUT2D eigenvalue weighted by Crippen LogP contribution is -2.16. The van der Waals surface area contributed by atoms with Crippen molar-refractivity contribution in [2.75, 3.05) is 0 Å². The summed E-state index contributed by atoms with van der Waals surface area (Å²) >= 11 is 0. The molecule has 0 rings (SSSR count). The molecule has 0 radical (unpaired) electrons. The van der Waals surface area contributed by atoms with Gasteiger partial charge in [0.05, 0.1) is 17.5 Å². The van der Waals surface area contributed by atoms with Crippen LogP contribution in [0.25, 0.3) is 0 Å². The van der Waals surface area contributed by atoms with Crippen molar-refractivity contribution in [2.45, 2.75) is 38.3 Å². The molecule has 0 aromatic rings. The fraction of sp³-hybridized carbons (Fsp3) is 1.00. The Morgan fingerprint density at radius 2 is 1.00 bits per heavy atom. The molecule has 0 saturated heterocycles. The number of hydrogen-bond acceptors (Lipinski definition) is 3. The van der Waals surface area contributed by atoms with Crippen LogP contribution in [0.2, 0.25) is 0 Å². The van der Waals surface area contributed by atoms with E-state index in [0.29, 0.717) is 0 Å². The zero-order chi connectivity index (χ0) is 8.31. The van der Waals surface area contributed by atoms with Gasteiger partial charge in [0.15, 0.2) is 0 Å². The highest BCUT2D eigenvalue weighted by atomic mass is 31.1. The predicted octanol–water partition coefficient (Wildman–Crippen LogP) is 0.483. The molecule has 0 aliphatic carbocycles. The van der Waals surface area contributed by atoms with Gasteiger partial charge in [-0.05, 0) is 28.7 Å². The Labute approximate surface area is 62.4 Å². The minimum Gasteiger partial charge on any atom is -0.389 e. The first kappa shape index (κ1) is 10.3. The largest absolute Gasteiger partial charge is 0.389 e. The molecule has 0 amide bonds. The molecule has 0 saturated carbocycles. The SMILES string of the molecule is CC(O)P(C(C)O)C(C)O. The molecular weight excluding hydrogens is 151 g/mol. The van der Waals surface area contributed by atoms with Crippen molar-refractivity contribution in [3.8, 4) is 0 Å². The molecule has 3 nitrogen and oxygen atoms in total. The third-order valence-corrected chi connectivity index (χ3v) is 3.88. The summed E-state index contributed by atoms with van der Waals surface area (Å²) < 4.78 is 0. The molecule has 0 aromatic carbocycles. The Morgan fingerprint density at radius 3 is 1.00 bits per heavy atom. The van der Waals surface area contributed by atoms with Crippen LogP contribution in [-0.2, 0) is 0 Å². The Bertz CT molecular complexity index is 74.0. The van der Waals surface area contributed by atoms with E-state index in [9.17, 15) is 0 Å². The van der Waals surface area contributed by atoms with Gasteiger partial charge in [0.2, 0.25) is 0 Å². The van der Waals surface area contributed by atoms with Crippen LogP contribution in [0.5, 0.6) is 0 Å². The quantitative estimate of drug-likeness (QED) is 0.534. The Kier molecular flexibility index (Phi) is 4.37. The summed E-state index contributed by atoms with van der Waals surface area (Å²) in [5.74, 6) is -1.81. The first-order chi connectivity index (χ1) is 4.46. The van der Waals surface area contributed by atoms with Crippen molar-refractivity contribution >= 4 is 7.92 Å². The van der Waals surface area contributed by atoms with E-state index in [2.05, 4.69) is 0 Å². The van der Waals surface area contributed by atoms with E-state index in [4.69, 9.17) is 15.3 Å². The maximum atomic E-state index is 9.06. The van der Waals surface area contributed by atoms with E-state index >= 15 is 0 Å². The van der Waals surface area contributed by atoms with Gasteiger partial charge >= 0.3 is 0 Å². The van der Waals surface area contributed by atoms with Gasteiger partial charge < -0.3 is 15.3 Å². The van der Waals surface area contributed by atoms with E-state index < -0.39 is 25.5 Å². The molecule has 0 bridgehead atoms. The second kappa shape index (κ2) is 4.24.